The molecule has 1 aromatic heterocycles. The molecule has 1 aliphatic carbocycles. The van der Waals surface area contributed by atoms with E-state index in [9.17, 15) is 0 Å². The molecule has 0 aliphatic heterocycles. The molecule has 2 aromatic rings. The lowest BCUT2D eigenvalue weighted by Gasteiger charge is -2.24. The largest absolute Gasteiger partial charge is 0.468 e. The fourth-order valence-corrected chi connectivity index (χ4v) is 3.39. The summed E-state index contributed by atoms with van der Waals surface area (Å²) in [6.45, 7) is 1.97. The molecule has 0 fully saturated rings. The third-order valence-corrected chi connectivity index (χ3v) is 4.75. The van der Waals surface area contributed by atoms with Crippen LogP contribution in [0.4, 0.5) is 0 Å². The molecular formula is C16H16Cl2N4O. The van der Waals surface area contributed by atoms with Crippen molar-refractivity contribution in [3.05, 3.63) is 57.0 Å². The number of hydrogen-bond acceptors (Lipinski definition) is 3. The highest BCUT2D eigenvalue weighted by Crippen LogP contribution is 2.39. The Bertz CT molecular complexity index is 806. The topological polar surface area (TPSA) is 89.9 Å². The van der Waals surface area contributed by atoms with Gasteiger partial charge in [-0.25, -0.2) is 0 Å². The van der Waals surface area contributed by atoms with E-state index in [1.807, 2.05) is 19.1 Å². The van der Waals surface area contributed by atoms with E-state index in [0.29, 0.717) is 16.5 Å². The van der Waals surface area contributed by atoms with E-state index >= 15 is 0 Å². The Morgan fingerprint density at radius 1 is 1.26 bits per heavy atom. The van der Waals surface area contributed by atoms with E-state index < -0.39 is 0 Å². The molecule has 0 saturated carbocycles. The van der Waals surface area contributed by atoms with Crippen LogP contribution in [0.3, 0.4) is 0 Å². The number of guanidine groups is 1. The summed E-state index contributed by atoms with van der Waals surface area (Å²) in [5.74, 6) is 0.884. The van der Waals surface area contributed by atoms with Gasteiger partial charge >= 0.3 is 0 Å². The Morgan fingerprint density at radius 2 is 2.04 bits per heavy atom. The number of aryl methyl sites for hydroxylation is 1. The molecule has 0 bridgehead atoms. The van der Waals surface area contributed by atoms with Crippen molar-refractivity contribution in [3.8, 4) is 0 Å². The minimum absolute atomic E-state index is 0.0805. The van der Waals surface area contributed by atoms with Gasteiger partial charge in [-0.15, -0.1) is 5.10 Å². The molecule has 0 radical (unpaired) electrons. The molecule has 0 amide bonds. The Morgan fingerprint density at radius 3 is 2.78 bits per heavy atom. The number of nitrogens with two attached hydrogens (primary N) is 2. The van der Waals surface area contributed by atoms with E-state index in [2.05, 4.69) is 10.2 Å². The average molecular weight is 351 g/mol. The van der Waals surface area contributed by atoms with Gasteiger partial charge in [0.1, 0.15) is 5.76 Å². The summed E-state index contributed by atoms with van der Waals surface area (Å²) >= 11 is 12.5. The Hall–Kier alpha value is -1.98. The van der Waals surface area contributed by atoms with Crippen molar-refractivity contribution in [2.75, 3.05) is 0 Å². The van der Waals surface area contributed by atoms with Crippen LogP contribution in [-0.2, 0) is 6.42 Å². The van der Waals surface area contributed by atoms with Crippen LogP contribution in [0, 0.1) is 6.92 Å². The molecule has 7 heteroatoms. The SMILES string of the molecule is Cc1coc2c1/C(=N\N=C(N)N)CC(c1cccc(Cl)c1Cl)C2. The molecular weight excluding hydrogens is 335 g/mol. The van der Waals surface area contributed by atoms with Gasteiger partial charge in [0.05, 0.1) is 22.0 Å². The van der Waals surface area contributed by atoms with E-state index in [4.69, 9.17) is 39.1 Å². The van der Waals surface area contributed by atoms with E-state index in [1.54, 1.807) is 12.3 Å². The van der Waals surface area contributed by atoms with Crippen LogP contribution < -0.4 is 11.5 Å². The highest BCUT2D eigenvalue weighted by Gasteiger charge is 2.30. The molecule has 4 N–H and O–H groups in total. The fraction of sp³-hybridized carbons (Fsp3) is 0.250. The second-order valence-corrected chi connectivity index (χ2v) is 6.32. The van der Waals surface area contributed by atoms with Gasteiger partial charge < -0.3 is 15.9 Å². The molecule has 23 heavy (non-hydrogen) atoms. The van der Waals surface area contributed by atoms with E-state index in [-0.39, 0.29) is 11.9 Å². The molecule has 120 valence electrons. The second kappa shape index (κ2) is 6.26. The Balaban J connectivity index is 2.06. The summed E-state index contributed by atoms with van der Waals surface area (Å²) in [4.78, 5) is 0. The molecule has 1 atom stereocenters. The smallest absolute Gasteiger partial charge is 0.211 e. The quantitative estimate of drug-likeness (QED) is 0.492. The summed E-state index contributed by atoms with van der Waals surface area (Å²) in [5.41, 5.74) is 14.5. The lowest BCUT2D eigenvalue weighted by molar-refractivity contribution is 0.480. The zero-order valence-electron chi connectivity index (χ0n) is 12.5. The van der Waals surface area contributed by atoms with Gasteiger partial charge in [0.2, 0.25) is 5.96 Å². The van der Waals surface area contributed by atoms with Crippen LogP contribution in [0.5, 0.6) is 0 Å². The third-order valence-electron chi connectivity index (χ3n) is 3.92. The molecule has 1 heterocycles. The maximum absolute atomic E-state index is 6.36. The van der Waals surface area contributed by atoms with Gasteiger partial charge in [-0.1, -0.05) is 35.3 Å². The van der Waals surface area contributed by atoms with Gasteiger partial charge in [-0.05, 0) is 36.5 Å². The summed E-state index contributed by atoms with van der Waals surface area (Å²) in [6.07, 6.45) is 3.10. The first-order chi connectivity index (χ1) is 11.0. The predicted octanol–water partition coefficient (Wildman–Crippen LogP) is 3.60. The van der Waals surface area contributed by atoms with Crippen LogP contribution in [0.25, 0.3) is 0 Å². The van der Waals surface area contributed by atoms with E-state index in [1.165, 1.54) is 0 Å². The van der Waals surface area contributed by atoms with Crippen molar-refractivity contribution in [1.29, 1.82) is 0 Å². The minimum Gasteiger partial charge on any atom is -0.468 e. The van der Waals surface area contributed by atoms with E-state index in [0.717, 1.165) is 34.6 Å². The number of fused-ring (bicyclic) bond motifs is 1. The predicted molar refractivity (Wildman–Crippen MR) is 93.3 cm³/mol. The van der Waals surface area contributed by atoms with Crippen molar-refractivity contribution < 1.29 is 4.42 Å². The number of nitrogens with zero attached hydrogens (tertiary/aromatic N) is 2. The number of rotatable bonds is 2. The Kier molecular flexibility index (Phi) is 4.33. The Labute approximate surface area is 144 Å². The van der Waals surface area contributed by atoms with Crippen LogP contribution in [-0.4, -0.2) is 11.7 Å². The van der Waals surface area contributed by atoms with Crippen molar-refractivity contribution in [2.45, 2.75) is 25.7 Å². The third kappa shape index (κ3) is 3.07. The number of benzene rings is 1. The highest BCUT2D eigenvalue weighted by atomic mass is 35.5. The maximum atomic E-state index is 6.36. The summed E-state index contributed by atoms with van der Waals surface area (Å²) in [6, 6.07) is 5.63. The summed E-state index contributed by atoms with van der Waals surface area (Å²) in [7, 11) is 0. The molecule has 3 rings (SSSR count). The van der Waals surface area contributed by atoms with Crippen LogP contribution in [0.15, 0.2) is 39.1 Å². The van der Waals surface area contributed by atoms with Crippen molar-refractivity contribution in [3.63, 3.8) is 0 Å². The van der Waals surface area contributed by atoms with Crippen molar-refractivity contribution in [2.24, 2.45) is 21.7 Å². The zero-order chi connectivity index (χ0) is 16.6. The number of furan rings is 1. The van der Waals surface area contributed by atoms with Crippen LogP contribution >= 0.6 is 23.2 Å². The van der Waals surface area contributed by atoms with Crippen molar-refractivity contribution in [1.82, 2.24) is 0 Å². The molecule has 1 aromatic carbocycles. The lowest BCUT2D eigenvalue weighted by atomic mass is 9.81. The average Bonchev–Trinajstić information content (AvgIpc) is 2.89. The minimum atomic E-state index is -0.0805. The second-order valence-electron chi connectivity index (χ2n) is 5.54. The number of halogens is 2. The van der Waals surface area contributed by atoms with Crippen molar-refractivity contribution >= 4 is 34.9 Å². The summed E-state index contributed by atoms with van der Waals surface area (Å²) < 4.78 is 5.68. The zero-order valence-corrected chi connectivity index (χ0v) is 14.0. The van der Waals surface area contributed by atoms with Crippen LogP contribution in [0.2, 0.25) is 10.0 Å². The molecule has 1 aliphatic rings. The fourth-order valence-electron chi connectivity index (χ4n) is 2.93. The standard InChI is InChI=1S/C16H16Cl2N4O/c1-8-7-23-13-6-9(10-3-2-4-11(17)15(10)18)5-12(14(8)13)21-22-16(19)20/h2-4,7,9H,5-6H2,1H3,(H4,19,20,22)/b21-12-. The lowest BCUT2D eigenvalue weighted by Crippen LogP contribution is -2.23. The first-order valence-electron chi connectivity index (χ1n) is 7.14. The molecule has 1 unspecified atom stereocenters. The van der Waals surface area contributed by atoms with Gasteiger partial charge in [0.15, 0.2) is 0 Å². The maximum Gasteiger partial charge on any atom is 0.211 e. The van der Waals surface area contributed by atoms with Gasteiger partial charge in [0, 0.05) is 12.0 Å². The first kappa shape index (κ1) is 15.9. The highest BCUT2D eigenvalue weighted by molar-refractivity contribution is 6.42. The molecule has 0 spiro atoms. The first-order valence-corrected chi connectivity index (χ1v) is 7.89. The number of hydrogen-bond donors (Lipinski definition) is 2. The molecule has 0 saturated heterocycles. The van der Waals surface area contributed by atoms with Gasteiger partial charge in [0.25, 0.3) is 0 Å². The summed E-state index contributed by atoms with van der Waals surface area (Å²) in [5, 5.41) is 9.10. The van der Waals surface area contributed by atoms with Gasteiger partial charge in [-0.2, -0.15) is 5.10 Å². The van der Waals surface area contributed by atoms with Gasteiger partial charge in [-0.3, -0.25) is 0 Å². The molecule has 5 nitrogen and oxygen atoms in total. The van der Waals surface area contributed by atoms with Crippen LogP contribution in [0.1, 0.15) is 34.8 Å². The normalized spacial score (nSPS) is 18.7. The monoisotopic (exact) mass is 350 g/mol.